The van der Waals surface area contributed by atoms with E-state index in [0.717, 1.165) is 18.7 Å². The van der Waals surface area contributed by atoms with Crippen LogP contribution in [-0.2, 0) is 11.3 Å². The molecule has 1 amide bonds. The maximum atomic E-state index is 10.9. The molecule has 1 aromatic rings. The third kappa shape index (κ3) is 4.04. The van der Waals surface area contributed by atoms with Gasteiger partial charge in [0.05, 0.1) is 6.04 Å². The predicted molar refractivity (Wildman–Crippen MR) is 75.5 cm³/mol. The van der Waals surface area contributed by atoms with E-state index in [1.165, 1.54) is 5.69 Å². The number of carbonyl (C=O) groups excluding carboxylic acids is 1. The van der Waals surface area contributed by atoms with Gasteiger partial charge in [0.2, 0.25) is 5.91 Å². The fourth-order valence-electron chi connectivity index (χ4n) is 1.78. The van der Waals surface area contributed by atoms with Gasteiger partial charge in [-0.05, 0) is 38.5 Å². The summed E-state index contributed by atoms with van der Waals surface area (Å²) in [5.74, 6) is -0.324. The molecular formula is C14H23N3O. The summed E-state index contributed by atoms with van der Waals surface area (Å²) in [7, 11) is 0. The smallest absolute Gasteiger partial charge is 0.234 e. The highest BCUT2D eigenvalue weighted by atomic mass is 16.1. The zero-order chi connectivity index (χ0) is 13.5. The van der Waals surface area contributed by atoms with Crippen LogP contribution in [0.15, 0.2) is 24.3 Å². The molecule has 1 aromatic carbocycles. The van der Waals surface area contributed by atoms with Crippen LogP contribution >= 0.6 is 0 Å². The van der Waals surface area contributed by atoms with Gasteiger partial charge >= 0.3 is 0 Å². The normalized spacial score (nSPS) is 12.2. The lowest BCUT2D eigenvalue weighted by molar-refractivity contribution is -0.119. The molecule has 0 spiro atoms. The highest BCUT2D eigenvalue weighted by molar-refractivity contribution is 5.79. The first-order chi connectivity index (χ1) is 8.58. The Bertz CT molecular complexity index is 371. The van der Waals surface area contributed by atoms with E-state index in [1.54, 1.807) is 6.92 Å². The third-order valence-corrected chi connectivity index (χ3v) is 3.10. The molecule has 0 heterocycles. The molecule has 0 bridgehead atoms. The average Bonchev–Trinajstić information content (AvgIpc) is 2.38. The number of nitrogens with zero attached hydrogens (tertiary/aromatic N) is 1. The zero-order valence-corrected chi connectivity index (χ0v) is 11.4. The predicted octanol–water partition coefficient (Wildman–Crippen LogP) is 1.50. The number of carbonyl (C=O) groups is 1. The molecule has 0 saturated carbocycles. The first kappa shape index (κ1) is 14.5. The van der Waals surface area contributed by atoms with E-state index >= 15 is 0 Å². The van der Waals surface area contributed by atoms with Crippen LogP contribution in [0.5, 0.6) is 0 Å². The largest absolute Gasteiger partial charge is 0.372 e. The number of benzene rings is 1. The van der Waals surface area contributed by atoms with Gasteiger partial charge in [0.25, 0.3) is 0 Å². The molecule has 4 nitrogen and oxygen atoms in total. The molecule has 0 aromatic heterocycles. The highest BCUT2D eigenvalue weighted by Crippen LogP contribution is 2.14. The van der Waals surface area contributed by atoms with Crippen LogP contribution in [0.3, 0.4) is 0 Å². The van der Waals surface area contributed by atoms with E-state index in [9.17, 15) is 4.79 Å². The number of primary amides is 1. The van der Waals surface area contributed by atoms with Crippen molar-refractivity contribution in [1.29, 1.82) is 0 Å². The molecule has 18 heavy (non-hydrogen) atoms. The van der Waals surface area contributed by atoms with E-state index in [0.29, 0.717) is 6.54 Å². The molecule has 0 fully saturated rings. The Kier molecular flexibility index (Phi) is 5.65. The number of anilines is 1. The van der Waals surface area contributed by atoms with Gasteiger partial charge in [0.15, 0.2) is 0 Å². The minimum atomic E-state index is -0.324. The SMILES string of the molecule is CCN(CC)c1ccc(CNC(C)C(N)=O)cc1. The topological polar surface area (TPSA) is 58.4 Å². The second-order valence-electron chi connectivity index (χ2n) is 4.34. The second-order valence-corrected chi connectivity index (χ2v) is 4.34. The van der Waals surface area contributed by atoms with Crippen LogP contribution in [0.4, 0.5) is 5.69 Å². The Morgan fingerprint density at radius 2 is 1.83 bits per heavy atom. The average molecular weight is 249 g/mol. The first-order valence-electron chi connectivity index (χ1n) is 6.45. The number of nitrogens with two attached hydrogens (primary N) is 1. The van der Waals surface area contributed by atoms with E-state index in [4.69, 9.17) is 5.73 Å². The van der Waals surface area contributed by atoms with Crippen LogP contribution in [-0.4, -0.2) is 25.0 Å². The van der Waals surface area contributed by atoms with Gasteiger partial charge in [-0.2, -0.15) is 0 Å². The molecule has 1 atom stereocenters. The van der Waals surface area contributed by atoms with Crippen LogP contribution in [0, 0.1) is 0 Å². The van der Waals surface area contributed by atoms with Gasteiger partial charge in [-0.25, -0.2) is 0 Å². The minimum absolute atomic E-state index is 0.299. The van der Waals surface area contributed by atoms with E-state index in [1.807, 2.05) is 0 Å². The monoisotopic (exact) mass is 249 g/mol. The summed E-state index contributed by atoms with van der Waals surface area (Å²) >= 11 is 0. The molecule has 100 valence electrons. The Hall–Kier alpha value is -1.55. The molecule has 0 aliphatic heterocycles. The van der Waals surface area contributed by atoms with Gasteiger partial charge in [-0.3, -0.25) is 4.79 Å². The second kappa shape index (κ2) is 7.01. The fourth-order valence-corrected chi connectivity index (χ4v) is 1.78. The molecule has 0 aliphatic rings. The highest BCUT2D eigenvalue weighted by Gasteiger charge is 2.07. The molecule has 1 rings (SSSR count). The Labute approximate surface area is 109 Å². The minimum Gasteiger partial charge on any atom is -0.372 e. The van der Waals surface area contributed by atoms with Crippen molar-refractivity contribution in [1.82, 2.24) is 5.32 Å². The van der Waals surface area contributed by atoms with Crippen molar-refractivity contribution in [3.8, 4) is 0 Å². The summed E-state index contributed by atoms with van der Waals surface area (Å²) in [5.41, 5.74) is 7.57. The standard InChI is InChI=1S/C14H23N3O/c1-4-17(5-2)13-8-6-12(7-9-13)10-16-11(3)14(15)18/h6-9,11,16H,4-5,10H2,1-3H3,(H2,15,18). The molecule has 0 aliphatic carbocycles. The van der Waals surface area contributed by atoms with Crippen LogP contribution < -0.4 is 16.0 Å². The summed E-state index contributed by atoms with van der Waals surface area (Å²) in [5, 5.41) is 3.09. The molecule has 4 heteroatoms. The van der Waals surface area contributed by atoms with E-state index in [2.05, 4.69) is 48.3 Å². The number of hydrogen-bond acceptors (Lipinski definition) is 3. The summed E-state index contributed by atoms with van der Waals surface area (Å²) < 4.78 is 0. The quantitative estimate of drug-likeness (QED) is 0.770. The van der Waals surface area contributed by atoms with Crippen molar-refractivity contribution < 1.29 is 4.79 Å². The summed E-state index contributed by atoms with van der Waals surface area (Å²) in [6.07, 6.45) is 0. The maximum Gasteiger partial charge on any atom is 0.234 e. The van der Waals surface area contributed by atoms with Gasteiger partial charge in [0.1, 0.15) is 0 Å². The van der Waals surface area contributed by atoms with Crippen molar-refractivity contribution in [3.63, 3.8) is 0 Å². The lowest BCUT2D eigenvalue weighted by Gasteiger charge is -2.21. The molecule has 3 N–H and O–H groups in total. The summed E-state index contributed by atoms with van der Waals surface area (Å²) in [6.45, 7) is 8.73. The van der Waals surface area contributed by atoms with Crippen molar-refractivity contribution in [2.45, 2.75) is 33.4 Å². The number of rotatable bonds is 7. The molecule has 0 saturated heterocycles. The summed E-state index contributed by atoms with van der Waals surface area (Å²) in [4.78, 5) is 13.2. The third-order valence-electron chi connectivity index (χ3n) is 3.10. The zero-order valence-electron chi connectivity index (χ0n) is 11.4. The first-order valence-corrected chi connectivity index (χ1v) is 6.45. The van der Waals surface area contributed by atoms with Crippen LogP contribution in [0.1, 0.15) is 26.3 Å². The molecule has 1 unspecified atom stereocenters. The van der Waals surface area contributed by atoms with Crippen LogP contribution in [0.2, 0.25) is 0 Å². The van der Waals surface area contributed by atoms with Crippen molar-refractivity contribution in [3.05, 3.63) is 29.8 Å². The van der Waals surface area contributed by atoms with Gasteiger partial charge in [-0.15, -0.1) is 0 Å². The van der Waals surface area contributed by atoms with Crippen molar-refractivity contribution in [2.24, 2.45) is 5.73 Å². The Morgan fingerprint density at radius 1 is 1.28 bits per heavy atom. The lowest BCUT2D eigenvalue weighted by Crippen LogP contribution is -2.38. The van der Waals surface area contributed by atoms with Crippen molar-refractivity contribution >= 4 is 11.6 Å². The van der Waals surface area contributed by atoms with E-state index in [-0.39, 0.29) is 11.9 Å². The van der Waals surface area contributed by atoms with Crippen molar-refractivity contribution in [2.75, 3.05) is 18.0 Å². The van der Waals surface area contributed by atoms with Crippen LogP contribution in [0.25, 0.3) is 0 Å². The lowest BCUT2D eigenvalue weighted by atomic mass is 10.2. The maximum absolute atomic E-state index is 10.9. The van der Waals surface area contributed by atoms with Gasteiger partial charge in [0, 0.05) is 25.3 Å². The van der Waals surface area contributed by atoms with E-state index < -0.39 is 0 Å². The Balaban J connectivity index is 2.57. The Morgan fingerprint density at radius 3 is 2.28 bits per heavy atom. The number of nitrogens with one attached hydrogen (secondary N) is 1. The van der Waals surface area contributed by atoms with Gasteiger partial charge in [-0.1, -0.05) is 12.1 Å². The molecular weight excluding hydrogens is 226 g/mol. The number of hydrogen-bond donors (Lipinski definition) is 2. The molecule has 0 radical (unpaired) electrons. The van der Waals surface area contributed by atoms with Gasteiger partial charge < -0.3 is 16.0 Å². The fraction of sp³-hybridized carbons (Fsp3) is 0.500. The number of amides is 1. The summed E-state index contributed by atoms with van der Waals surface area (Å²) in [6, 6.07) is 8.08.